The van der Waals surface area contributed by atoms with Crippen molar-refractivity contribution in [3.8, 4) is 0 Å². The number of halogens is 1. The lowest BCUT2D eigenvalue weighted by Gasteiger charge is -2.34. The lowest BCUT2D eigenvalue weighted by molar-refractivity contribution is 0.232. The first kappa shape index (κ1) is 14.9. The van der Waals surface area contributed by atoms with E-state index >= 15 is 0 Å². The summed E-state index contributed by atoms with van der Waals surface area (Å²) in [7, 11) is -3.48. The van der Waals surface area contributed by atoms with Crippen LogP contribution in [0.5, 0.6) is 0 Å². The topological polar surface area (TPSA) is 71.1 Å². The van der Waals surface area contributed by atoms with E-state index in [0.717, 1.165) is 25.9 Å². The Morgan fingerprint density at radius 1 is 1.42 bits per heavy atom. The van der Waals surface area contributed by atoms with Gasteiger partial charge in [-0.2, -0.15) is 0 Å². The molecule has 1 aliphatic heterocycles. The maximum Gasteiger partial charge on any atom is 0.242 e. The summed E-state index contributed by atoms with van der Waals surface area (Å²) in [4.78, 5) is 4.08. The van der Waals surface area contributed by atoms with Gasteiger partial charge in [0.15, 0.2) is 0 Å². The number of rotatable bonds is 4. The van der Waals surface area contributed by atoms with Gasteiger partial charge >= 0.3 is 0 Å². The molecule has 1 aliphatic rings. The molecule has 7 heteroatoms. The first-order valence-electron chi connectivity index (χ1n) is 6.22. The largest absolute Gasteiger partial charge is 0.317 e. The van der Waals surface area contributed by atoms with E-state index in [0.29, 0.717) is 11.0 Å². The maximum absolute atomic E-state index is 12.2. The quantitative estimate of drug-likeness (QED) is 0.865. The molecule has 1 fully saturated rings. The molecule has 0 amide bonds. The van der Waals surface area contributed by atoms with E-state index in [2.05, 4.69) is 37.9 Å². The minimum Gasteiger partial charge on any atom is -0.317 e. The summed E-state index contributed by atoms with van der Waals surface area (Å²) < 4.78 is 27.7. The number of piperidine rings is 1. The second-order valence-corrected chi connectivity index (χ2v) is 7.91. The first-order valence-corrected chi connectivity index (χ1v) is 8.50. The van der Waals surface area contributed by atoms with Gasteiger partial charge in [0.1, 0.15) is 4.90 Å². The van der Waals surface area contributed by atoms with Crippen molar-refractivity contribution in [2.24, 2.45) is 5.41 Å². The highest BCUT2D eigenvalue weighted by Crippen LogP contribution is 2.27. The fourth-order valence-electron chi connectivity index (χ4n) is 2.10. The molecule has 1 aromatic heterocycles. The van der Waals surface area contributed by atoms with E-state index in [1.165, 1.54) is 6.20 Å². The number of sulfonamides is 1. The predicted octanol–water partition coefficient (Wildman–Crippen LogP) is 1.51. The average molecular weight is 348 g/mol. The molecular weight excluding hydrogens is 330 g/mol. The van der Waals surface area contributed by atoms with Crippen LogP contribution in [-0.2, 0) is 10.0 Å². The van der Waals surface area contributed by atoms with Crippen LogP contribution in [0, 0.1) is 5.41 Å². The molecule has 19 heavy (non-hydrogen) atoms. The Balaban J connectivity index is 2.05. The lowest BCUT2D eigenvalue weighted by Crippen LogP contribution is -2.42. The third kappa shape index (κ3) is 3.98. The van der Waals surface area contributed by atoms with E-state index in [4.69, 9.17) is 0 Å². The molecule has 106 valence electrons. The molecular formula is C12H18BrN3O2S. The monoisotopic (exact) mass is 347 g/mol. The molecule has 2 heterocycles. The fourth-order valence-corrected chi connectivity index (χ4v) is 3.80. The number of aromatic nitrogens is 1. The second-order valence-electron chi connectivity index (χ2n) is 5.22. The van der Waals surface area contributed by atoms with Gasteiger partial charge in [0.2, 0.25) is 10.0 Å². The zero-order chi connectivity index (χ0) is 13.9. The SMILES string of the molecule is CC1(CNS(=O)(=O)c2cncc(Br)c2)CCNCC1. The van der Waals surface area contributed by atoms with Crippen molar-refractivity contribution in [3.05, 3.63) is 22.9 Å². The molecule has 0 bridgehead atoms. The average Bonchev–Trinajstić information content (AvgIpc) is 2.38. The van der Waals surface area contributed by atoms with Crippen molar-refractivity contribution in [1.82, 2.24) is 15.0 Å². The Labute approximate surface area is 122 Å². The third-order valence-corrected chi connectivity index (χ3v) is 5.29. The van der Waals surface area contributed by atoms with Crippen LogP contribution in [0.3, 0.4) is 0 Å². The highest BCUT2D eigenvalue weighted by atomic mass is 79.9. The summed E-state index contributed by atoms with van der Waals surface area (Å²) in [5, 5.41) is 3.28. The highest BCUT2D eigenvalue weighted by Gasteiger charge is 2.28. The van der Waals surface area contributed by atoms with Gasteiger partial charge in [-0.05, 0) is 53.3 Å². The molecule has 0 saturated carbocycles. The maximum atomic E-state index is 12.2. The van der Waals surface area contributed by atoms with Crippen LogP contribution in [0.25, 0.3) is 0 Å². The van der Waals surface area contributed by atoms with Crippen molar-refractivity contribution in [2.75, 3.05) is 19.6 Å². The molecule has 2 N–H and O–H groups in total. The summed E-state index contributed by atoms with van der Waals surface area (Å²) in [5.74, 6) is 0. The number of hydrogen-bond donors (Lipinski definition) is 2. The first-order chi connectivity index (χ1) is 8.91. The Morgan fingerprint density at radius 3 is 2.74 bits per heavy atom. The van der Waals surface area contributed by atoms with Crippen LogP contribution in [0.1, 0.15) is 19.8 Å². The van der Waals surface area contributed by atoms with Gasteiger partial charge in [0, 0.05) is 23.4 Å². The molecule has 0 spiro atoms. The molecule has 0 atom stereocenters. The van der Waals surface area contributed by atoms with E-state index in [9.17, 15) is 8.42 Å². The summed E-state index contributed by atoms with van der Waals surface area (Å²) >= 11 is 3.23. The fraction of sp³-hybridized carbons (Fsp3) is 0.583. The zero-order valence-corrected chi connectivity index (χ0v) is 13.2. The van der Waals surface area contributed by atoms with Gasteiger partial charge in [0.25, 0.3) is 0 Å². The van der Waals surface area contributed by atoms with Crippen LogP contribution in [0.4, 0.5) is 0 Å². The molecule has 5 nitrogen and oxygen atoms in total. The smallest absolute Gasteiger partial charge is 0.242 e. The van der Waals surface area contributed by atoms with E-state index in [1.54, 1.807) is 12.3 Å². The number of nitrogens with one attached hydrogen (secondary N) is 2. The Morgan fingerprint density at radius 2 is 2.11 bits per heavy atom. The van der Waals surface area contributed by atoms with Gasteiger partial charge in [-0.3, -0.25) is 4.98 Å². The van der Waals surface area contributed by atoms with E-state index in [1.807, 2.05) is 0 Å². The summed E-state index contributed by atoms with van der Waals surface area (Å²) in [6.07, 6.45) is 4.88. The minimum absolute atomic E-state index is 0.0256. The summed E-state index contributed by atoms with van der Waals surface area (Å²) in [5.41, 5.74) is 0.0256. The van der Waals surface area contributed by atoms with Crippen molar-refractivity contribution >= 4 is 26.0 Å². The van der Waals surface area contributed by atoms with Crippen molar-refractivity contribution in [1.29, 1.82) is 0 Å². The number of pyridine rings is 1. The van der Waals surface area contributed by atoms with Gasteiger partial charge in [-0.25, -0.2) is 13.1 Å². The Kier molecular flexibility index (Phi) is 4.60. The third-order valence-electron chi connectivity index (χ3n) is 3.49. The number of nitrogens with zero attached hydrogens (tertiary/aromatic N) is 1. The van der Waals surface area contributed by atoms with E-state index < -0.39 is 10.0 Å². The van der Waals surface area contributed by atoms with E-state index in [-0.39, 0.29) is 10.3 Å². The van der Waals surface area contributed by atoms with Crippen molar-refractivity contribution < 1.29 is 8.42 Å². The number of hydrogen-bond acceptors (Lipinski definition) is 4. The van der Waals surface area contributed by atoms with Crippen LogP contribution in [0.15, 0.2) is 27.8 Å². The van der Waals surface area contributed by atoms with Crippen LogP contribution in [-0.4, -0.2) is 33.0 Å². The highest BCUT2D eigenvalue weighted by molar-refractivity contribution is 9.10. The molecule has 1 saturated heterocycles. The van der Waals surface area contributed by atoms with Crippen molar-refractivity contribution in [3.63, 3.8) is 0 Å². The molecule has 0 aromatic carbocycles. The van der Waals surface area contributed by atoms with Gasteiger partial charge in [-0.15, -0.1) is 0 Å². The molecule has 0 unspecified atom stereocenters. The minimum atomic E-state index is -3.48. The van der Waals surface area contributed by atoms with Crippen LogP contribution in [0.2, 0.25) is 0 Å². The Bertz CT molecular complexity index is 542. The van der Waals surface area contributed by atoms with Crippen LogP contribution < -0.4 is 10.0 Å². The summed E-state index contributed by atoms with van der Waals surface area (Å²) in [6, 6.07) is 1.56. The zero-order valence-electron chi connectivity index (χ0n) is 10.8. The molecule has 1 aromatic rings. The predicted molar refractivity (Wildman–Crippen MR) is 77.3 cm³/mol. The standard InChI is InChI=1S/C12H18BrN3O2S/c1-12(2-4-14-5-3-12)9-16-19(17,18)11-6-10(13)7-15-8-11/h6-8,14,16H,2-5,9H2,1H3. The molecule has 0 radical (unpaired) electrons. The van der Waals surface area contributed by atoms with Gasteiger partial charge in [0.05, 0.1) is 0 Å². The summed E-state index contributed by atoms with van der Waals surface area (Å²) in [6.45, 7) is 4.46. The van der Waals surface area contributed by atoms with Gasteiger partial charge < -0.3 is 5.32 Å². The van der Waals surface area contributed by atoms with Crippen LogP contribution >= 0.6 is 15.9 Å². The second kappa shape index (κ2) is 5.87. The molecule has 0 aliphatic carbocycles. The van der Waals surface area contributed by atoms with Gasteiger partial charge in [-0.1, -0.05) is 6.92 Å². The Hall–Kier alpha value is -0.500. The molecule has 2 rings (SSSR count). The van der Waals surface area contributed by atoms with Crippen molar-refractivity contribution in [2.45, 2.75) is 24.7 Å². The lowest BCUT2D eigenvalue weighted by atomic mass is 9.81. The normalized spacial score (nSPS) is 19.3.